The van der Waals surface area contributed by atoms with Gasteiger partial charge in [0.15, 0.2) is 5.69 Å². The average Bonchev–Trinajstić information content (AvgIpc) is 3.24. The van der Waals surface area contributed by atoms with Crippen LogP contribution < -0.4 is 5.32 Å². The molecule has 0 atom stereocenters. The van der Waals surface area contributed by atoms with E-state index in [1.54, 1.807) is 12.3 Å². The summed E-state index contributed by atoms with van der Waals surface area (Å²) in [5, 5.41) is 7.22. The van der Waals surface area contributed by atoms with E-state index in [0.717, 1.165) is 24.2 Å². The van der Waals surface area contributed by atoms with E-state index in [2.05, 4.69) is 15.4 Å². The molecule has 2 aliphatic rings. The lowest BCUT2D eigenvalue weighted by Gasteiger charge is -2.29. The molecule has 1 aliphatic heterocycles. The molecule has 7 nitrogen and oxygen atoms in total. The minimum absolute atomic E-state index is 0.162. The number of rotatable bonds is 4. The van der Waals surface area contributed by atoms with Crippen molar-refractivity contribution in [2.24, 2.45) is 5.41 Å². The van der Waals surface area contributed by atoms with Gasteiger partial charge in [0.25, 0.3) is 5.91 Å². The number of carbonyl (C=O) groups is 2. The van der Waals surface area contributed by atoms with Gasteiger partial charge in [-0.05, 0) is 31.0 Å². The van der Waals surface area contributed by atoms with Crippen LogP contribution in [0.4, 0.5) is 0 Å². The van der Waals surface area contributed by atoms with Crippen LogP contribution in [0.15, 0.2) is 30.5 Å². The Labute approximate surface area is 146 Å². The number of aromatic nitrogens is 3. The molecule has 7 heteroatoms. The summed E-state index contributed by atoms with van der Waals surface area (Å²) in [4.78, 5) is 30.9. The molecule has 1 aliphatic carbocycles. The van der Waals surface area contributed by atoms with E-state index in [0.29, 0.717) is 31.9 Å². The first-order valence-electron chi connectivity index (χ1n) is 8.59. The van der Waals surface area contributed by atoms with Crippen molar-refractivity contribution in [3.05, 3.63) is 47.5 Å². The number of hydrogen-bond donors (Lipinski definition) is 1. The lowest BCUT2D eigenvalue weighted by molar-refractivity contribution is -0.137. The van der Waals surface area contributed by atoms with Gasteiger partial charge in [-0.3, -0.25) is 19.3 Å². The van der Waals surface area contributed by atoms with Crippen LogP contribution in [0.2, 0.25) is 0 Å². The van der Waals surface area contributed by atoms with E-state index in [9.17, 15) is 9.59 Å². The standard InChI is InChI=1S/C18H21N5O2/c1-18(5-6-18)17(25)22-8-9-23-14(12-22)10-15(21-23)16(24)20-11-13-4-2-3-7-19-13/h2-4,7,10H,5-6,8-9,11-12H2,1H3,(H,20,24). The number of nitrogens with zero attached hydrogens (tertiary/aromatic N) is 4. The molecule has 0 spiro atoms. The van der Waals surface area contributed by atoms with Crippen molar-refractivity contribution in [1.82, 2.24) is 25.0 Å². The van der Waals surface area contributed by atoms with Gasteiger partial charge < -0.3 is 10.2 Å². The van der Waals surface area contributed by atoms with Gasteiger partial charge in [0.2, 0.25) is 5.91 Å². The predicted octanol–water partition coefficient (Wildman–Crippen LogP) is 1.35. The molecule has 1 saturated carbocycles. The van der Waals surface area contributed by atoms with Crippen molar-refractivity contribution in [1.29, 1.82) is 0 Å². The predicted molar refractivity (Wildman–Crippen MR) is 90.4 cm³/mol. The van der Waals surface area contributed by atoms with E-state index < -0.39 is 0 Å². The molecule has 0 radical (unpaired) electrons. The fourth-order valence-electron chi connectivity index (χ4n) is 3.10. The van der Waals surface area contributed by atoms with Gasteiger partial charge in [-0.15, -0.1) is 0 Å². The van der Waals surface area contributed by atoms with Crippen molar-refractivity contribution >= 4 is 11.8 Å². The van der Waals surface area contributed by atoms with E-state index in [4.69, 9.17) is 0 Å². The SMILES string of the molecule is CC1(C(=O)N2CCn3nc(C(=O)NCc4ccccn4)cc3C2)CC1. The summed E-state index contributed by atoms with van der Waals surface area (Å²) in [6.45, 7) is 4.19. The summed E-state index contributed by atoms with van der Waals surface area (Å²) in [7, 11) is 0. The van der Waals surface area contributed by atoms with Gasteiger partial charge >= 0.3 is 0 Å². The van der Waals surface area contributed by atoms with E-state index in [1.807, 2.05) is 34.7 Å². The van der Waals surface area contributed by atoms with Gasteiger partial charge in [-0.1, -0.05) is 13.0 Å². The van der Waals surface area contributed by atoms with Crippen molar-refractivity contribution in [3.8, 4) is 0 Å². The largest absolute Gasteiger partial charge is 0.345 e. The summed E-state index contributed by atoms with van der Waals surface area (Å²) >= 11 is 0. The molecule has 0 unspecified atom stereocenters. The van der Waals surface area contributed by atoms with Crippen molar-refractivity contribution in [2.75, 3.05) is 6.54 Å². The molecule has 1 N–H and O–H groups in total. The average molecular weight is 339 g/mol. The Hall–Kier alpha value is -2.70. The maximum absolute atomic E-state index is 12.5. The summed E-state index contributed by atoms with van der Waals surface area (Å²) in [6, 6.07) is 7.36. The van der Waals surface area contributed by atoms with E-state index in [-0.39, 0.29) is 17.2 Å². The highest BCUT2D eigenvalue weighted by Gasteiger charge is 2.47. The van der Waals surface area contributed by atoms with E-state index in [1.165, 1.54) is 0 Å². The zero-order valence-corrected chi connectivity index (χ0v) is 14.2. The quantitative estimate of drug-likeness (QED) is 0.912. The summed E-state index contributed by atoms with van der Waals surface area (Å²) in [5.74, 6) is 0.000637. The molecule has 2 amide bonds. The molecule has 3 heterocycles. The highest BCUT2D eigenvalue weighted by Crippen LogP contribution is 2.46. The third-order valence-corrected chi connectivity index (χ3v) is 4.99. The Morgan fingerprint density at radius 2 is 2.12 bits per heavy atom. The molecule has 2 aromatic rings. The topological polar surface area (TPSA) is 80.1 Å². The summed E-state index contributed by atoms with van der Waals surface area (Å²) in [6.07, 6.45) is 3.65. The first-order chi connectivity index (χ1) is 12.0. The molecule has 1 fully saturated rings. The van der Waals surface area contributed by atoms with Gasteiger partial charge in [0.1, 0.15) is 0 Å². The second-order valence-electron chi connectivity index (χ2n) is 7.04. The Morgan fingerprint density at radius 3 is 2.84 bits per heavy atom. The molecule has 4 rings (SSSR count). The van der Waals surface area contributed by atoms with Gasteiger partial charge in [-0.25, -0.2) is 0 Å². The minimum Gasteiger partial charge on any atom is -0.345 e. The number of hydrogen-bond acceptors (Lipinski definition) is 4. The Morgan fingerprint density at radius 1 is 1.28 bits per heavy atom. The fourth-order valence-corrected chi connectivity index (χ4v) is 3.10. The number of nitrogens with one attached hydrogen (secondary N) is 1. The van der Waals surface area contributed by atoms with Crippen LogP contribution in [0, 0.1) is 5.41 Å². The number of fused-ring (bicyclic) bond motifs is 1. The zero-order chi connectivity index (χ0) is 17.4. The van der Waals surface area contributed by atoms with Gasteiger partial charge in [0.05, 0.1) is 31.0 Å². The lowest BCUT2D eigenvalue weighted by Crippen LogP contribution is -2.41. The third kappa shape index (κ3) is 3.14. The first kappa shape index (κ1) is 15.8. The third-order valence-electron chi connectivity index (χ3n) is 4.99. The monoisotopic (exact) mass is 339 g/mol. The van der Waals surface area contributed by atoms with Crippen LogP contribution in [0.5, 0.6) is 0 Å². The molecular weight excluding hydrogens is 318 g/mol. The summed E-state index contributed by atoms with van der Waals surface area (Å²) in [5.41, 5.74) is 1.93. The number of amides is 2. The highest BCUT2D eigenvalue weighted by atomic mass is 16.2. The van der Waals surface area contributed by atoms with Gasteiger partial charge in [0, 0.05) is 18.2 Å². The Balaban J connectivity index is 1.41. The second-order valence-corrected chi connectivity index (χ2v) is 7.04. The van der Waals surface area contributed by atoms with Gasteiger partial charge in [-0.2, -0.15) is 5.10 Å². The van der Waals surface area contributed by atoms with E-state index >= 15 is 0 Å². The molecule has 0 bridgehead atoms. The first-order valence-corrected chi connectivity index (χ1v) is 8.59. The molecule has 0 saturated heterocycles. The fraction of sp³-hybridized carbons (Fsp3) is 0.444. The van der Waals surface area contributed by atoms with Crippen LogP contribution >= 0.6 is 0 Å². The minimum atomic E-state index is -0.223. The maximum Gasteiger partial charge on any atom is 0.272 e. The number of pyridine rings is 1. The Bertz CT molecular complexity index is 810. The molecule has 0 aromatic carbocycles. The highest BCUT2D eigenvalue weighted by molar-refractivity contribution is 5.92. The molecule has 25 heavy (non-hydrogen) atoms. The Kier molecular flexibility index (Phi) is 3.78. The normalized spacial score (nSPS) is 17.7. The smallest absolute Gasteiger partial charge is 0.272 e. The van der Waals surface area contributed by atoms with Crippen molar-refractivity contribution in [3.63, 3.8) is 0 Å². The van der Waals surface area contributed by atoms with Crippen LogP contribution in [0.1, 0.15) is 41.6 Å². The second kappa shape index (κ2) is 5.98. The molecule has 130 valence electrons. The van der Waals surface area contributed by atoms with Crippen LogP contribution in [0.25, 0.3) is 0 Å². The van der Waals surface area contributed by atoms with Crippen molar-refractivity contribution in [2.45, 2.75) is 39.4 Å². The number of carbonyl (C=O) groups excluding carboxylic acids is 2. The molecular formula is C18H21N5O2. The molecule has 2 aromatic heterocycles. The van der Waals surface area contributed by atoms with Crippen molar-refractivity contribution < 1.29 is 9.59 Å². The zero-order valence-electron chi connectivity index (χ0n) is 14.2. The van der Waals surface area contributed by atoms with Crippen LogP contribution in [-0.4, -0.2) is 38.0 Å². The maximum atomic E-state index is 12.5. The van der Waals surface area contributed by atoms with Crippen LogP contribution in [0.3, 0.4) is 0 Å². The summed E-state index contributed by atoms with van der Waals surface area (Å²) < 4.78 is 1.83. The van der Waals surface area contributed by atoms with Crippen LogP contribution in [-0.2, 0) is 24.4 Å². The lowest BCUT2D eigenvalue weighted by atomic mass is 10.1.